The van der Waals surface area contributed by atoms with E-state index in [4.69, 9.17) is 4.74 Å². The van der Waals surface area contributed by atoms with Crippen LogP contribution in [0.1, 0.15) is 37.5 Å². The molecule has 0 fully saturated rings. The average molecular weight is 421 g/mol. The monoisotopic (exact) mass is 420 g/mol. The number of rotatable bonds is 6. The second-order valence-corrected chi connectivity index (χ2v) is 8.74. The summed E-state index contributed by atoms with van der Waals surface area (Å²) in [6.45, 7) is 8.50. The topological polar surface area (TPSA) is 57.2 Å². The van der Waals surface area contributed by atoms with Crippen molar-refractivity contribution in [3.63, 3.8) is 0 Å². The molecular formula is C25H32N4O2. The van der Waals surface area contributed by atoms with Crippen LogP contribution >= 0.6 is 0 Å². The minimum Gasteiger partial charge on any atom is -0.484 e. The highest BCUT2D eigenvalue weighted by atomic mass is 16.5. The Bertz CT molecular complexity index is 1040. The largest absolute Gasteiger partial charge is 0.484 e. The second kappa shape index (κ2) is 8.84. The molecule has 0 atom stereocenters. The number of hydrogen-bond donors (Lipinski definition) is 1. The molecule has 0 aliphatic carbocycles. The summed E-state index contributed by atoms with van der Waals surface area (Å²) in [6, 6.07) is 11.9. The van der Waals surface area contributed by atoms with Gasteiger partial charge >= 0.3 is 0 Å². The number of hydrazone groups is 1. The summed E-state index contributed by atoms with van der Waals surface area (Å²) >= 11 is 0. The van der Waals surface area contributed by atoms with E-state index in [0.29, 0.717) is 5.75 Å². The predicted molar refractivity (Wildman–Crippen MR) is 129 cm³/mol. The van der Waals surface area contributed by atoms with Gasteiger partial charge in [0.1, 0.15) is 5.75 Å². The lowest BCUT2D eigenvalue weighted by Crippen LogP contribution is -2.42. The van der Waals surface area contributed by atoms with Gasteiger partial charge in [-0.3, -0.25) is 4.79 Å². The quantitative estimate of drug-likeness (QED) is 0.562. The number of ether oxygens (including phenoxy) is 1. The molecule has 0 saturated heterocycles. The third-order valence-electron chi connectivity index (χ3n) is 5.70. The minimum atomic E-state index is -0.306. The molecule has 1 heterocycles. The summed E-state index contributed by atoms with van der Waals surface area (Å²) in [5.74, 6) is 0.338. The van der Waals surface area contributed by atoms with Crippen LogP contribution < -0.4 is 20.0 Å². The Balaban J connectivity index is 1.64. The molecule has 3 rings (SSSR count). The first kappa shape index (κ1) is 22.4. The van der Waals surface area contributed by atoms with E-state index >= 15 is 0 Å². The van der Waals surface area contributed by atoms with Crippen molar-refractivity contribution >= 4 is 29.1 Å². The molecule has 0 aromatic heterocycles. The Hall–Kier alpha value is -3.28. The fourth-order valence-electron chi connectivity index (χ4n) is 3.66. The van der Waals surface area contributed by atoms with E-state index in [1.165, 1.54) is 16.8 Å². The van der Waals surface area contributed by atoms with Crippen molar-refractivity contribution in [3.05, 3.63) is 59.2 Å². The predicted octanol–water partition coefficient (Wildman–Crippen LogP) is 4.22. The highest BCUT2D eigenvalue weighted by molar-refractivity contribution is 5.90. The number of nitrogens with zero attached hydrogens (tertiary/aromatic N) is 3. The molecule has 6 heteroatoms. The van der Waals surface area contributed by atoms with Crippen molar-refractivity contribution in [2.45, 2.75) is 33.2 Å². The van der Waals surface area contributed by atoms with Crippen LogP contribution in [0.3, 0.4) is 0 Å². The average Bonchev–Trinajstić information content (AvgIpc) is 2.71. The van der Waals surface area contributed by atoms with E-state index in [1.54, 1.807) is 6.21 Å². The fourth-order valence-corrected chi connectivity index (χ4v) is 3.66. The number of nitrogens with one attached hydrogen (secondary N) is 1. The normalized spacial score (nSPS) is 14.8. The highest BCUT2D eigenvalue weighted by Crippen LogP contribution is 2.38. The van der Waals surface area contributed by atoms with Crippen LogP contribution in [0, 0.1) is 6.92 Å². The molecule has 0 saturated carbocycles. The lowest BCUT2D eigenvalue weighted by Gasteiger charge is -2.41. The van der Waals surface area contributed by atoms with Crippen LogP contribution in [0.5, 0.6) is 5.75 Å². The van der Waals surface area contributed by atoms with Gasteiger partial charge in [0, 0.05) is 44.1 Å². The molecule has 6 nitrogen and oxygen atoms in total. The minimum absolute atomic E-state index is 0.0286. The Morgan fingerprint density at radius 3 is 2.68 bits per heavy atom. The number of benzene rings is 2. The van der Waals surface area contributed by atoms with Gasteiger partial charge in [0.05, 0.1) is 11.8 Å². The fraction of sp³-hybridized carbons (Fsp3) is 0.360. The van der Waals surface area contributed by atoms with Gasteiger partial charge in [-0.05, 0) is 68.7 Å². The zero-order valence-corrected chi connectivity index (χ0v) is 19.5. The molecule has 0 bridgehead atoms. The number of fused-ring (bicyclic) bond motifs is 1. The molecule has 0 unspecified atom stereocenters. The molecule has 1 N–H and O–H groups in total. The number of likely N-dealkylation sites (N-methyl/N-ethyl adjacent to an activating group) is 1. The molecule has 164 valence electrons. The van der Waals surface area contributed by atoms with E-state index in [2.05, 4.69) is 68.4 Å². The second-order valence-electron chi connectivity index (χ2n) is 8.74. The first-order chi connectivity index (χ1) is 14.6. The Morgan fingerprint density at radius 1 is 1.23 bits per heavy atom. The van der Waals surface area contributed by atoms with Crippen LogP contribution in [0.15, 0.2) is 47.6 Å². The molecule has 2 aromatic rings. The van der Waals surface area contributed by atoms with E-state index in [1.807, 2.05) is 43.3 Å². The lowest BCUT2D eigenvalue weighted by atomic mass is 9.87. The molecule has 1 aliphatic rings. The summed E-state index contributed by atoms with van der Waals surface area (Å²) < 4.78 is 5.58. The lowest BCUT2D eigenvalue weighted by molar-refractivity contribution is -0.123. The summed E-state index contributed by atoms with van der Waals surface area (Å²) in [7, 11) is 6.03. The van der Waals surface area contributed by atoms with Gasteiger partial charge in [-0.25, -0.2) is 5.43 Å². The van der Waals surface area contributed by atoms with Crippen molar-refractivity contribution in [3.8, 4) is 5.75 Å². The Labute approximate surface area is 185 Å². The number of carbonyl (C=O) groups excluding carboxylic acids is 1. The summed E-state index contributed by atoms with van der Waals surface area (Å²) in [4.78, 5) is 16.4. The molecule has 2 aromatic carbocycles. The molecule has 31 heavy (non-hydrogen) atoms. The van der Waals surface area contributed by atoms with Gasteiger partial charge in [-0.2, -0.15) is 5.10 Å². The van der Waals surface area contributed by atoms with Gasteiger partial charge in [-0.15, -0.1) is 0 Å². The number of hydrogen-bond acceptors (Lipinski definition) is 5. The standard InChI is InChI=1S/C25H32N4O2/c1-17-11-23-22(18(2)14-25(3,4)29(23)7)12-19(17)15-26-27-24(30)16-31-21-10-8-9-20(13-21)28(5)6/h8-15H,16H2,1-7H3,(H,27,30)/b26-15+. The molecule has 1 amide bonds. The van der Waals surface area contributed by atoms with Gasteiger partial charge in [0.15, 0.2) is 6.61 Å². The van der Waals surface area contributed by atoms with Crippen molar-refractivity contribution in [1.29, 1.82) is 0 Å². The zero-order valence-electron chi connectivity index (χ0n) is 19.5. The van der Waals surface area contributed by atoms with Crippen LogP contribution in [0.25, 0.3) is 5.57 Å². The number of amides is 1. The van der Waals surface area contributed by atoms with Crippen LogP contribution in [-0.2, 0) is 4.79 Å². The molecule has 1 aliphatic heterocycles. The summed E-state index contributed by atoms with van der Waals surface area (Å²) in [5, 5.41) is 4.14. The van der Waals surface area contributed by atoms with Gasteiger partial charge in [0.2, 0.25) is 0 Å². The maximum atomic E-state index is 12.1. The SMILES string of the molecule is CC1=CC(C)(C)N(C)c2cc(C)c(/C=N/NC(=O)COc3cccc(N(C)C)c3)cc21. The van der Waals surface area contributed by atoms with E-state index in [0.717, 1.165) is 16.8 Å². The molecule has 0 spiro atoms. The van der Waals surface area contributed by atoms with Gasteiger partial charge < -0.3 is 14.5 Å². The maximum Gasteiger partial charge on any atom is 0.277 e. The summed E-state index contributed by atoms with van der Waals surface area (Å²) in [5.41, 5.74) is 9.24. The maximum absolute atomic E-state index is 12.1. The van der Waals surface area contributed by atoms with Crippen molar-refractivity contribution < 1.29 is 9.53 Å². The molecular weight excluding hydrogens is 388 g/mol. The number of anilines is 2. The third-order valence-corrected chi connectivity index (χ3v) is 5.70. The van der Waals surface area contributed by atoms with Crippen LogP contribution in [0.4, 0.5) is 11.4 Å². The number of carbonyl (C=O) groups is 1. The first-order valence-electron chi connectivity index (χ1n) is 10.4. The van der Waals surface area contributed by atoms with Gasteiger partial charge in [-0.1, -0.05) is 12.1 Å². The third kappa shape index (κ3) is 5.08. The Morgan fingerprint density at radius 2 is 1.97 bits per heavy atom. The van der Waals surface area contributed by atoms with E-state index in [-0.39, 0.29) is 18.1 Å². The van der Waals surface area contributed by atoms with Gasteiger partial charge in [0.25, 0.3) is 5.91 Å². The van der Waals surface area contributed by atoms with Crippen molar-refractivity contribution in [2.75, 3.05) is 37.5 Å². The van der Waals surface area contributed by atoms with Crippen molar-refractivity contribution in [2.24, 2.45) is 5.10 Å². The zero-order chi connectivity index (χ0) is 22.8. The number of allylic oxidation sites excluding steroid dienone is 1. The van der Waals surface area contributed by atoms with Crippen LogP contribution in [-0.4, -0.2) is 45.4 Å². The Kier molecular flexibility index (Phi) is 6.39. The van der Waals surface area contributed by atoms with Crippen molar-refractivity contribution in [1.82, 2.24) is 5.43 Å². The summed E-state index contributed by atoms with van der Waals surface area (Å²) in [6.07, 6.45) is 3.96. The van der Waals surface area contributed by atoms with Crippen LogP contribution in [0.2, 0.25) is 0 Å². The first-order valence-corrected chi connectivity index (χ1v) is 10.4. The number of aryl methyl sites for hydroxylation is 1. The van der Waals surface area contributed by atoms with E-state index in [9.17, 15) is 4.79 Å². The van der Waals surface area contributed by atoms with E-state index < -0.39 is 0 Å². The highest BCUT2D eigenvalue weighted by Gasteiger charge is 2.28. The molecule has 0 radical (unpaired) electrons. The smallest absolute Gasteiger partial charge is 0.277 e.